The number of fused-ring (bicyclic) bond motifs is 3. The van der Waals surface area contributed by atoms with Crippen molar-refractivity contribution in [2.75, 3.05) is 11.6 Å². The summed E-state index contributed by atoms with van der Waals surface area (Å²) in [4.78, 5) is 8.84. The molecule has 3 aromatic rings. The summed E-state index contributed by atoms with van der Waals surface area (Å²) in [6, 6.07) is 13.6. The van der Waals surface area contributed by atoms with Gasteiger partial charge in [-0.2, -0.15) is 4.98 Å². The van der Waals surface area contributed by atoms with Gasteiger partial charge in [0.1, 0.15) is 5.69 Å². The molecule has 1 aromatic carbocycles. The van der Waals surface area contributed by atoms with Crippen molar-refractivity contribution in [2.45, 2.75) is 11.4 Å². The van der Waals surface area contributed by atoms with Gasteiger partial charge in [0.2, 0.25) is 17.3 Å². The molecule has 0 spiro atoms. The SMILES string of the molecule is CSc1nnc2c(n1)OC(c1ccccn1)Nc1ccccc1-2. The van der Waals surface area contributed by atoms with E-state index in [9.17, 15) is 0 Å². The molecule has 0 fully saturated rings. The summed E-state index contributed by atoms with van der Waals surface area (Å²) < 4.78 is 6.07. The Hall–Kier alpha value is -2.67. The first-order valence-corrected chi connectivity index (χ1v) is 8.30. The van der Waals surface area contributed by atoms with Crippen LogP contribution in [0.3, 0.4) is 0 Å². The zero-order valence-electron chi connectivity index (χ0n) is 12.3. The van der Waals surface area contributed by atoms with Crippen LogP contribution in [0.5, 0.6) is 5.88 Å². The van der Waals surface area contributed by atoms with Gasteiger partial charge in [-0.25, -0.2) is 0 Å². The van der Waals surface area contributed by atoms with Crippen LogP contribution in [0.25, 0.3) is 11.3 Å². The summed E-state index contributed by atoms with van der Waals surface area (Å²) in [6.07, 6.45) is 3.21. The number of benzene rings is 1. The third-order valence-corrected chi connectivity index (χ3v) is 4.01. The number of pyridine rings is 1. The van der Waals surface area contributed by atoms with Gasteiger partial charge in [0.25, 0.3) is 0 Å². The Labute approximate surface area is 137 Å². The molecule has 1 unspecified atom stereocenters. The Kier molecular flexibility index (Phi) is 3.55. The van der Waals surface area contributed by atoms with Crippen molar-refractivity contribution in [3.05, 3.63) is 54.4 Å². The van der Waals surface area contributed by atoms with Gasteiger partial charge in [-0.1, -0.05) is 36.0 Å². The van der Waals surface area contributed by atoms with Crippen LogP contribution in [0.15, 0.2) is 53.8 Å². The van der Waals surface area contributed by atoms with Crippen LogP contribution in [-0.2, 0) is 0 Å². The highest BCUT2D eigenvalue weighted by Crippen LogP contribution is 2.38. The van der Waals surface area contributed by atoms with Gasteiger partial charge < -0.3 is 10.1 Å². The van der Waals surface area contributed by atoms with Crippen molar-refractivity contribution in [2.24, 2.45) is 0 Å². The molecule has 3 heterocycles. The Morgan fingerprint density at radius 1 is 1.09 bits per heavy atom. The van der Waals surface area contributed by atoms with Crippen molar-refractivity contribution in [1.29, 1.82) is 0 Å². The van der Waals surface area contributed by atoms with Crippen molar-refractivity contribution < 1.29 is 4.74 Å². The number of hydrogen-bond donors (Lipinski definition) is 1. The molecular formula is C16H13N5OS. The minimum absolute atomic E-state index is 0.440. The molecule has 0 radical (unpaired) electrons. The summed E-state index contributed by atoms with van der Waals surface area (Å²) in [7, 11) is 0. The van der Waals surface area contributed by atoms with Crippen molar-refractivity contribution >= 4 is 17.4 Å². The zero-order valence-corrected chi connectivity index (χ0v) is 13.1. The van der Waals surface area contributed by atoms with Gasteiger partial charge >= 0.3 is 0 Å². The van der Waals surface area contributed by atoms with Crippen LogP contribution in [0, 0.1) is 0 Å². The third kappa shape index (κ3) is 2.59. The maximum atomic E-state index is 6.07. The van der Waals surface area contributed by atoms with Gasteiger partial charge in [-0.15, -0.1) is 10.2 Å². The first-order chi connectivity index (χ1) is 11.3. The summed E-state index contributed by atoms with van der Waals surface area (Å²) in [5, 5.41) is 12.4. The Bertz CT molecular complexity index is 843. The number of para-hydroxylation sites is 1. The molecular weight excluding hydrogens is 310 g/mol. The van der Waals surface area contributed by atoms with E-state index in [0.29, 0.717) is 16.7 Å². The predicted octanol–water partition coefficient (Wildman–Crippen LogP) is 3.16. The van der Waals surface area contributed by atoms with Crippen molar-refractivity contribution in [3.8, 4) is 17.1 Å². The maximum Gasteiger partial charge on any atom is 0.247 e. The Morgan fingerprint density at radius 2 is 1.96 bits per heavy atom. The van der Waals surface area contributed by atoms with E-state index in [4.69, 9.17) is 4.74 Å². The first kappa shape index (κ1) is 14.0. The second-order valence-electron chi connectivity index (χ2n) is 4.89. The first-order valence-electron chi connectivity index (χ1n) is 7.07. The fourth-order valence-electron chi connectivity index (χ4n) is 2.40. The fourth-order valence-corrected chi connectivity index (χ4v) is 2.70. The summed E-state index contributed by atoms with van der Waals surface area (Å²) >= 11 is 1.43. The van der Waals surface area contributed by atoms with Crippen LogP contribution in [0.1, 0.15) is 11.9 Å². The largest absolute Gasteiger partial charge is 0.446 e. The topological polar surface area (TPSA) is 72.8 Å². The van der Waals surface area contributed by atoms with Crippen LogP contribution >= 0.6 is 11.8 Å². The molecule has 1 aliphatic heterocycles. The minimum atomic E-state index is -0.440. The number of hydrogen-bond acceptors (Lipinski definition) is 7. The minimum Gasteiger partial charge on any atom is -0.446 e. The monoisotopic (exact) mass is 323 g/mol. The number of rotatable bonds is 2. The van der Waals surface area contributed by atoms with E-state index in [-0.39, 0.29) is 0 Å². The van der Waals surface area contributed by atoms with E-state index in [0.717, 1.165) is 16.9 Å². The van der Waals surface area contributed by atoms with Crippen LogP contribution in [0.2, 0.25) is 0 Å². The number of aromatic nitrogens is 4. The van der Waals surface area contributed by atoms with E-state index >= 15 is 0 Å². The molecule has 0 bridgehead atoms. The van der Waals surface area contributed by atoms with Crippen LogP contribution in [-0.4, -0.2) is 26.4 Å². The number of nitrogens with one attached hydrogen (secondary N) is 1. The molecule has 7 heteroatoms. The molecule has 2 aromatic heterocycles. The zero-order chi connectivity index (χ0) is 15.6. The van der Waals surface area contributed by atoms with Gasteiger partial charge in [0.05, 0.1) is 0 Å². The molecule has 1 aliphatic rings. The van der Waals surface area contributed by atoms with Crippen LogP contribution < -0.4 is 10.1 Å². The second-order valence-corrected chi connectivity index (χ2v) is 5.67. The number of ether oxygens (including phenoxy) is 1. The molecule has 6 nitrogen and oxygen atoms in total. The van der Waals surface area contributed by atoms with Gasteiger partial charge in [-0.3, -0.25) is 4.98 Å². The quantitative estimate of drug-likeness (QED) is 0.726. The highest BCUT2D eigenvalue weighted by molar-refractivity contribution is 7.98. The van der Waals surface area contributed by atoms with E-state index in [1.807, 2.05) is 48.7 Å². The lowest BCUT2D eigenvalue weighted by Crippen LogP contribution is -2.18. The lowest BCUT2D eigenvalue weighted by molar-refractivity contribution is 0.220. The van der Waals surface area contributed by atoms with Crippen molar-refractivity contribution in [1.82, 2.24) is 20.2 Å². The summed E-state index contributed by atoms with van der Waals surface area (Å²) in [5.74, 6) is 0.456. The molecule has 0 amide bonds. The van der Waals surface area contributed by atoms with Crippen molar-refractivity contribution in [3.63, 3.8) is 0 Å². The lowest BCUT2D eigenvalue weighted by atomic mass is 10.1. The fraction of sp³-hybridized carbons (Fsp3) is 0.125. The number of anilines is 1. The normalized spacial score (nSPS) is 15.6. The standard InChI is InChI=1S/C16H13N5OS/c1-23-16-19-15-13(20-21-16)10-6-2-3-7-11(10)18-14(22-15)12-8-4-5-9-17-12/h2-9,14,18H,1H3. The molecule has 1 N–H and O–H groups in total. The molecule has 1 atom stereocenters. The molecule has 23 heavy (non-hydrogen) atoms. The molecule has 0 saturated carbocycles. The average molecular weight is 323 g/mol. The van der Waals surface area contributed by atoms with E-state index in [1.54, 1.807) is 6.20 Å². The molecule has 0 aliphatic carbocycles. The maximum absolute atomic E-state index is 6.07. The lowest BCUT2D eigenvalue weighted by Gasteiger charge is -2.18. The smallest absolute Gasteiger partial charge is 0.247 e. The number of thioether (sulfide) groups is 1. The Balaban J connectivity index is 1.87. The molecule has 4 rings (SSSR count). The van der Waals surface area contributed by atoms with E-state index < -0.39 is 6.23 Å². The second kappa shape index (κ2) is 5.85. The predicted molar refractivity (Wildman–Crippen MR) is 88.3 cm³/mol. The summed E-state index contributed by atoms with van der Waals surface area (Å²) in [6.45, 7) is 0. The molecule has 0 saturated heterocycles. The highest BCUT2D eigenvalue weighted by atomic mass is 32.2. The Morgan fingerprint density at radius 3 is 2.78 bits per heavy atom. The van der Waals surface area contributed by atoms with E-state index in [1.165, 1.54) is 11.8 Å². The van der Waals surface area contributed by atoms with E-state index in [2.05, 4.69) is 25.5 Å². The average Bonchev–Trinajstić information content (AvgIpc) is 2.78. The molecule has 114 valence electrons. The number of nitrogens with zero attached hydrogens (tertiary/aromatic N) is 4. The van der Waals surface area contributed by atoms with Gasteiger partial charge in [0.15, 0.2) is 5.69 Å². The third-order valence-electron chi connectivity index (χ3n) is 3.47. The van der Waals surface area contributed by atoms with Gasteiger partial charge in [-0.05, 0) is 24.5 Å². The van der Waals surface area contributed by atoms with Crippen LogP contribution in [0.4, 0.5) is 5.69 Å². The summed E-state index contributed by atoms with van der Waals surface area (Å²) in [5.41, 5.74) is 3.23. The van der Waals surface area contributed by atoms with Gasteiger partial charge in [0, 0.05) is 17.4 Å². The highest BCUT2D eigenvalue weighted by Gasteiger charge is 2.26.